The minimum Gasteiger partial charge on any atom is -0.340 e. The summed E-state index contributed by atoms with van der Waals surface area (Å²) >= 11 is 0. The number of halogens is 1. The number of hydrogen-bond acceptors (Lipinski definition) is 6. The summed E-state index contributed by atoms with van der Waals surface area (Å²) in [4.78, 5) is 7.02. The Morgan fingerprint density at radius 1 is 1.00 bits per heavy atom. The molecule has 1 saturated heterocycles. The number of anilines is 1. The molecule has 0 saturated carbocycles. The first kappa shape index (κ1) is 22.7. The van der Waals surface area contributed by atoms with Gasteiger partial charge in [-0.25, -0.2) is 22.2 Å². The van der Waals surface area contributed by atoms with Crippen LogP contribution in [0.5, 0.6) is 0 Å². The molecule has 5 rings (SSSR count). The van der Waals surface area contributed by atoms with Crippen molar-refractivity contribution < 1.29 is 12.8 Å². The molecule has 0 radical (unpaired) electrons. The van der Waals surface area contributed by atoms with Gasteiger partial charge in [0, 0.05) is 37.5 Å². The molecule has 2 aromatic carbocycles. The fraction of sp³-hybridized carbons (Fsp3) is 0.375. The van der Waals surface area contributed by atoms with E-state index in [1.807, 2.05) is 28.7 Å². The van der Waals surface area contributed by atoms with E-state index in [1.165, 1.54) is 16.4 Å². The molecule has 0 N–H and O–H groups in total. The van der Waals surface area contributed by atoms with Crippen LogP contribution in [-0.4, -0.2) is 58.5 Å². The van der Waals surface area contributed by atoms with E-state index in [-0.39, 0.29) is 17.4 Å². The van der Waals surface area contributed by atoms with Crippen LogP contribution in [0.1, 0.15) is 37.6 Å². The maximum atomic E-state index is 14.1. The zero-order valence-electron chi connectivity index (χ0n) is 19.4. The zero-order chi connectivity index (χ0) is 24.0. The van der Waals surface area contributed by atoms with Crippen molar-refractivity contribution in [3.05, 3.63) is 59.7 Å². The van der Waals surface area contributed by atoms with Crippen molar-refractivity contribution in [2.45, 2.75) is 38.0 Å². The lowest BCUT2D eigenvalue weighted by Gasteiger charge is -2.24. The van der Waals surface area contributed by atoms with Crippen LogP contribution in [0.15, 0.2) is 47.4 Å². The second-order valence-electron chi connectivity index (χ2n) is 8.96. The molecule has 0 bridgehead atoms. The van der Waals surface area contributed by atoms with Crippen molar-refractivity contribution >= 4 is 32.5 Å². The quantitative estimate of drug-likeness (QED) is 0.441. The van der Waals surface area contributed by atoms with Gasteiger partial charge in [0.2, 0.25) is 16.0 Å². The van der Waals surface area contributed by atoms with Crippen molar-refractivity contribution in [2.24, 2.45) is 0 Å². The summed E-state index contributed by atoms with van der Waals surface area (Å²) in [5.41, 5.74) is 1.98. The van der Waals surface area contributed by atoms with Crippen LogP contribution in [0.3, 0.4) is 0 Å². The van der Waals surface area contributed by atoms with E-state index in [1.54, 1.807) is 6.92 Å². The third-order valence-electron chi connectivity index (χ3n) is 6.29. The van der Waals surface area contributed by atoms with Gasteiger partial charge in [-0.1, -0.05) is 32.0 Å². The Bertz CT molecular complexity index is 1480. The third kappa shape index (κ3) is 3.80. The SMILES string of the molecule is Cc1ccc(S(=O)(=O)N2CCCN(c3nc4ccccc4c4nnc(C(C)C)n34)CC2)cc1F. The van der Waals surface area contributed by atoms with Gasteiger partial charge in [-0.3, -0.25) is 0 Å². The van der Waals surface area contributed by atoms with Crippen LogP contribution in [0.25, 0.3) is 16.6 Å². The minimum absolute atomic E-state index is 0.0174. The van der Waals surface area contributed by atoms with Gasteiger partial charge in [-0.05, 0) is 43.2 Å². The maximum Gasteiger partial charge on any atom is 0.243 e. The highest BCUT2D eigenvalue weighted by Gasteiger charge is 2.29. The molecule has 1 fully saturated rings. The number of fused-ring (bicyclic) bond motifs is 3. The first-order chi connectivity index (χ1) is 16.3. The maximum absolute atomic E-state index is 14.1. The molecule has 2 aromatic heterocycles. The monoisotopic (exact) mass is 482 g/mol. The largest absolute Gasteiger partial charge is 0.340 e. The summed E-state index contributed by atoms with van der Waals surface area (Å²) in [7, 11) is -3.80. The number of sulfonamides is 1. The predicted octanol–water partition coefficient (Wildman–Crippen LogP) is 3.75. The van der Waals surface area contributed by atoms with Crippen molar-refractivity contribution in [3.8, 4) is 0 Å². The Kier molecular flexibility index (Phi) is 5.73. The standard InChI is InChI=1S/C24H27FN6O2S/c1-16(2)22-27-28-23-19-7-4-5-8-21(19)26-24(31(22)23)29-11-6-12-30(14-13-29)34(32,33)18-10-9-17(3)20(25)15-18/h4-5,7-10,15-16H,6,11-14H2,1-3H3. The number of nitrogens with zero attached hydrogens (tertiary/aromatic N) is 6. The summed E-state index contributed by atoms with van der Waals surface area (Å²) in [6.07, 6.45) is 0.614. The Morgan fingerprint density at radius 2 is 1.79 bits per heavy atom. The smallest absolute Gasteiger partial charge is 0.243 e. The Balaban J connectivity index is 1.52. The van der Waals surface area contributed by atoms with Gasteiger partial charge in [-0.15, -0.1) is 10.2 Å². The number of hydrogen-bond donors (Lipinski definition) is 0. The second kappa shape index (κ2) is 8.59. The lowest BCUT2D eigenvalue weighted by atomic mass is 10.2. The summed E-state index contributed by atoms with van der Waals surface area (Å²) in [5, 5.41) is 9.82. The number of aromatic nitrogens is 4. The molecule has 0 spiro atoms. The van der Waals surface area contributed by atoms with Gasteiger partial charge < -0.3 is 4.90 Å². The molecule has 0 aliphatic carbocycles. The van der Waals surface area contributed by atoms with Crippen LogP contribution >= 0.6 is 0 Å². The third-order valence-corrected chi connectivity index (χ3v) is 8.18. The number of para-hydroxylation sites is 1. The molecule has 178 valence electrons. The lowest BCUT2D eigenvalue weighted by Crippen LogP contribution is -2.36. The highest BCUT2D eigenvalue weighted by molar-refractivity contribution is 7.89. The summed E-state index contributed by atoms with van der Waals surface area (Å²) in [6.45, 7) is 7.44. The molecule has 1 aliphatic heterocycles. The average Bonchev–Trinajstić information content (AvgIpc) is 3.12. The molecule has 3 heterocycles. The molecule has 0 atom stereocenters. The van der Waals surface area contributed by atoms with Crippen molar-refractivity contribution in [1.82, 2.24) is 23.9 Å². The minimum atomic E-state index is -3.80. The van der Waals surface area contributed by atoms with E-state index in [9.17, 15) is 12.8 Å². The summed E-state index contributed by atoms with van der Waals surface area (Å²) in [6, 6.07) is 11.9. The molecule has 8 nitrogen and oxygen atoms in total. The van der Waals surface area contributed by atoms with E-state index in [4.69, 9.17) is 4.98 Å². The van der Waals surface area contributed by atoms with E-state index in [2.05, 4.69) is 28.9 Å². The topological polar surface area (TPSA) is 83.7 Å². The van der Waals surface area contributed by atoms with E-state index >= 15 is 0 Å². The van der Waals surface area contributed by atoms with Gasteiger partial charge in [0.05, 0.1) is 10.4 Å². The molecule has 1 aliphatic rings. The summed E-state index contributed by atoms with van der Waals surface area (Å²) in [5.74, 6) is 1.14. The number of rotatable bonds is 4. The van der Waals surface area contributed by atoms with Crippen LogP contribution in [0, 0.1) is 12.7 Å². The first-order valence-corrected chi connectivity index (χ1v) is 12.9. The first-order valence-electron chi connectivity index (χ1n) is 11.4. The lowest BCUT2D eigenvalue weighted by molar-refractivity contribution is 0.432. The number of benzene rings is 2. The van der Waals surface area contributed by atoms with Crippen molar-refractivity contribution in [2.75, 3.05) is 31.1 Å². The molecule has 0 amide bonds. The van der Waals surface area contributed by atoms with E-state index in [0.29, 0.717) is 37.6 Å². The Labute approximate surface area is 198 Å². The van der Waals surface area contributed by atoms with Gasteiger partial charge >= 0.3 is 0 Å². The van der Waals surface area contributed by atoms with E-state index in [0.717, 1.165) is 28.4 Å². The Morgan fingerprint density at radius 3 is 2.56 bits per heavy atom. The number of aryl methyl sites for hydroxylation is 1. The molecule has 34 heavy (non-hydrogen) atoms. The van der Waals surface area contributed by atoms with Crippen molar-refractivity contribution in [3.63, 3.8) is 0 Å². The molecule has 10 heteroatoms. The predicted molar refractivity (Wildman–Crippen MR) is 129 cm³/mol. The normalized spacial score (nSPS) is 16.0. The van der Waals surface area contributed by atoms with Gasteiger partial charge in [0.25, 0.3) is 0 Å². The zero-order valence-corrected chi connectivity index (χ0v) is 20.3. The average molecular weight is 483 g/mol. The highest BCUT2D eigenvalue weighted by Crippen LogP contribution is 2.28. The van der Waals surface area contributed by atoms with Crippen LogP contribution < -0.4 is 4.90 Å². The second-order valence-corrected chi connectivity index (χ2v) is 10.9. The highest BCUT2D eigenvalue weighted by atomic mass is 32.2. The van der Waals surface area contributed by atoms with Crippen LogP contribution in [0.4, 0.5) is 10.3 Å². The van der Waals surface area contributed by atoms with Gasteiger partial charge in [0.15, 0.2) is 5.65 Å². The van der Waals surface area contributed by atoms with E-state index < -0.39 is 15.8 Å². The van der Waals surface area contributed by atoms with Crippen LogP contribution in [-0.2, 0) is 10.0 Å². The Hall–Kier alpha value is -3.11. The van der Waals surface area contributed by atoms with Crippen LogP contribution in [0.2, 0.25) is 0 Å². The molecular formula is C24H27FN6O2S. The fourth-order valence-electron chi connectivity index (χ4n) is 4.39. The molecular weight excluding hydrogens is 455 g/mol. The summed E-state index contributed by atoms with van der Waals surface area (Å²) < 4.78 is 44.0. The fourth-order valence-corrected chi connectivity index (χ4v) is 5.87. The van der Waals surface area contributed by atoms with Gasteiger partial charge in [-0.2, -0.15) is 4.31 Å². The van der Waals surface area contributed by atoms with Crippen molar-refractivity contribution in [1.29, 1.82) is 0 Å². The molecule has 0 unspecified atom stereocenters. The van der Waals surface area contributed by atoms with Gasteiger partial charge in [0.1, 0.15) is 11.6 Å². The molecule has 4 aromatic rings.